The van der Waals surface area contributed by atoms with Gasteiger partial charge in [0.05, 0.1) is 26.5 Å². The van der Waals surface area contributed by atoms with E-state index in [0.29, 0.717) is 24.7 Å². The van der Waals surface area contributed by atoms with Crippen molar-refractivity contribution in [3.63, 3.8) is 0 Å². The van der Waals surface area contributed by atoms with Crippen molar-refractivity contribution < 1.29 is 14.6 Å². The van der Waals surface area contributed by atoms with Crippen molar-refractivity contribution in [2.45, 2.75) is 20.5 Å². The fraction of sp³-hybridized carbons (Fsp3) is 0.316. The van der Waals surface area contributed by atoms with Crippen molar-refractivity contribution in [3.05, 3.63) is 58.7 Å². The van der Waals surface area contributed by atoms with Gasteiger partial charge >= 0.3 is 0 Å². The molecule has 0 unspecified atom stereocenters. The number of aryl methyl sites for hydroxylation is 2. The van der Waals surface area contributed by atoms with Crippen molar-refractivity contribution in [2.75, 3.05) is 20.3 Å². The standard InChI is InChI=1S/C19H24N2O3/c1-14-4-5-15(2)17(10-14)13-24-18-7-6-16(11-19(18)23-3)12-21-20-8-9-22/h4-7,10-12,20,22H,8-9,13H2,1-3H3. The van der Waals surface area contributed by atoms with E-state index in [1.165, 1.54) is 11.1 Å². The molecule has 0 saturated carbocycles. The number of hydrogen-bond donors (Lipinski definition) is 2. The first-order chi connectivity index (χ1) is 11.6. The normalized spacial score (nSPS) is 10.8. The molecule has 5 heteroatoms. The summed E-state index contributed by atoms with van der Waals surface area (Å²) in [5.41, 5.74) is 7.21. The van der Waals surface area contributed by atoms with Gasteiger partial charge in [-0.3, -0.25) is 0 Å². The van der Waals surface area contributed by atoms with Crippen LogP contribution in [-0.2, 0) is 6.61 Å². The van der Waals surface area contributed by atoms with Crippen LogP contribution in [0.25, 0.3) is 0 Å². The summed E-state index contributed by atoms with van der Waals surface area (Å²) in [4.78, 5) is 0. The number of benzene rings is 2. The Bertz CT molecular complexity index is 699. The Hall–Kier alpha value is -2.53. The minimum Gasteiger partial charge on any atom is -0.493 e. The molecule has 0 fully saturated rings. The summed E-state index contributed by atoms with van der Waals surface area (Å²) in [6, 6.07) is 12.0. The number of hydrogen-bond acceptors (Lipinski definition) is 5. The number of aliphatic hydroxyl groups excluding tert-OH is 1. The number of ether oxygens (including phenoxy) is 2. The lowest BCUT2D eigenvalue weighted by Crippen LogP contribution is -2.11. The molecular weight excluding hydrogens is 304 g/mol. The lowest BCUT2D eigenvalue weighted by molar-refractivity contribution is 0.284. The van der Waals surface area contributed by atoms with Crippen LogP contribution >= 0.6 is 0 Å². The molecule has 0 radical (unpaired) electrons. The largest absolute Gasteiger partial charge is 0.493 e. The van der Waals surface area contributed by atoms with E-state index in [1.54, 1.807) is 13.3 Å². The number of rotatable bonds is 8. The van der Waals surface area contributed by atoms with E-state index in [-0.39, 0.29) is 6.61 Å². The summed E-state index contributed by atoms with van der Waals surface area (Å²) < 4.78 is 11.3. The van der Waals surface area contributed by atoms with Crippen molar-refractivity contribution in [2.24, 2.45) is 5.10 Å². The first kappa shape index (κ1) is 17.8. The molecule has 5 nitrogen and oxygen atoms in total. The van der Waals surface area contributed by atoms with E-state index in [2.05, 4.69) is 42.6 Å². The van der Waals surface area contributed by atoms with Crippen LogP contribution in [0.1, 0.15) is 22.3 Å². The molecule has 0 amide bonds. The summed E-state index contributed by atoms with van der Waals surface area (Å²) in [6.45, 7) is 5.11. The zero-order valence-corrected chi connectivity index (χ0v) is 14.4. The second-order valence-corrected chi connectivity index (χ2v) is 5.52. The summed E-state index contributed by atoms with van der Waals surface area (Å²) in [6.07, 6.45) is 1.67. The predicted molar refractivity (Wildman–Crippen MR) is 95.9 cm³/mol. The van der Waals surface area contributed by atoms with Gasteiger partial charge in [0.25, 0.3) is 0 Å². The third-order valence-corrected chi connectivity index (χ3v) is 3.60. The third kappa shape index (κ3) is 4.99. The van der Waals surface area contributed by atoms with E-state index >= 15 is 0 Å². The molecular formula is C19H24N2O3. The van der Waals surface area contributed by atoms with Gasteiger partial charge in [-0.25, -0.2) is 0 Å². The molecule has 0 heterocycles. The van der Waals surface area contributed by atoms with E-state index < -0.39 is 0 Å². The Labute approximate surface area is 142 Å². The lowest BCUT2D eigenvalue weighted by atomic mass is 10.1. The fourth-order valence-electron chi connectivity index (χ4n) is 2.23. The molecule has 0 aromatic heterocycles. The molecule has 0 spiro atoms. The molecule has 0 aliphatic rings. The van der Waals surface area contributed by atoms with Crippen LogP contribution in [0.5, 0.6) is 11.5 Å². The predicted octanol–water partition coefficient (Wildman–Crippen LogP) is 2.81. The van der Waals surface area contributed by atoms with Crippen LogP contribution in [-0.4, -0.2) is 31.6 Å². The summed E-state index contributed by atoms with van der Waals surface area (Å²) >= 11 is 0. The molecule has 128 valence electrons. The van der Waals surface area contributed by atoms with E-state index in [0.717, 1.165) is 11.1 Å². The zero-order valence-electron chi connectivity index (χ0n) is 14.4. The Morgan fingerprint density at radius 3 is 2.71 bits per heavy atom. The van der Waals surface area contributed by atoms with Crippen LogP contribution in [0, 0.1) is 13.8 Å². The van der Waals surface area contributed by atoms with Crippen LogP contribution in [0.15, 0.2) is 41.5 Å². The van der Waals surface area contributed by atoms with Crippen molar-refractivity contribution in [1.29, 1.82) is 0 Å². The van der Waals surface area contributed by atoms with Crippen LogP contribution in [0.3, 0.4) is 0 Å². The molecule has 24 heavy (non-hydrogen) atoms. The highest BCUT2D eigenvalue weighted by Gasteiger charge is 2.07. The average Bonchev–Trinajstić information content (AvgIpc) is 2.60. The molecule has 2 aromatic rings. The third-order valence-electron chi connectivity index (χ3n) is 3.60. The van der Waals surface area contributed by atoms with Gasteiger partial charge in [0, 0.05) is 0 Å². The zero-order chi connectivity index (χ0) is 17.4. The number of nitrogens with one attached hydrogen (secondary N) is 1. The number of methoxy groups -OCH3 is 1. The van der Waals surface area contributed by atoms with Crippen molar-refractivity contribution in [1.82, 2.24) is 5.43 Å². The Morgan fingerprint density at radius 1 is 1.12 bits per heavy atom. The maximum atomic E-state index is 8.70. The highest BCUT2D eigenvalue weighted by Crippen LogP contribution is 2.28. The second kappa shape index (κ2) is 8.93. The highest BCUT2D eigenvalue weighted by molar-refractivity contribution is 5.80. The smallest absolute Gasteiger partial charge is 0.161 e. The first-order valence-electron chi connectivity index (χ1n) is 7.88. The number of hydrazone groups is 1. The molecule has 0 atom stereocenters. The summed E-state index contributed by atoms with van der Waals surface area (Å²) in [5, 5.41) is 12.7. The van der Waals surface area contributed by atoms with E-state index in [1.807, 2.05) is 18.2 Å². The highest BCUT2D eigenvalue weighted by atomic mass is 16.5. The van der Waals surface area contributed by atoms with Gasteiger partial charge in [-0.05, 0) is 48.7 Å². The molecule has 0 bridgehead atoms. The Balaban J connectivity index is 2.07. The maximum absolute atomic E-state index is 8.70. The monoisotopic (exact) mass is 328 g/mol. The molecule has 0 aliphatic heterocycles. The SMILES string of the molecule is COc1cc(C=NNCCO)ccc1OCc1cc(C)ccc1C. The molecule has 0 aliphatic carbocycles. The van der Waals surface area contributed by atoms with Gasteiger partial charge in [0.15, 0.2) is 11.5 Å². The van der Waals surface area contributed by atoms with Gasteiger partial charge in [-0.2, -0.15) is 5.10 Å². The number of aliphatic hydroxyl groups is 1. The molecule has 0 saturated heterocycles. The van der Waals surface area contributed by atoms with Crippen molar-refractivity contribution >= 4 is 6.21 Å². The fourth-order valence-corrected chi connectivity index (χ4v) is 2.23. The quantitative estimate of drug-likeness (QED) is 0.444. The van der Waals surface area contributed by atoms with Gasteiger partial charge in [0.1, 0.15) is 6.61 Å². The topological polar surface area (TPSA) is 63.1 Å². The Kier molecular flexibility index (Phi) is 6.63. The van der Waals surface area contributed by atoms with E-state index in [9.17, 15) is 0 Å². The van der Waals surface area contributed by atoms with E-state index in [4.69, 9.17) is 14.6 Å². The Morgan fingerprint density at radius 2 is 1.96 bits per heavy atom. The summed E-state index contributed by atoms with van der Waals surface area (Å²) in [7, 11) is 1.62. The molecule has 2 aromatic carbocycles. The van der Waals surface area contributed by atoms with Gasteiger partial charge in [-0.1, -0.05) is 23.8 Å². The second-order valence-electron chi connectivity index (χ2n) is 5.52. The lowest BCUT2D eigenvalue weighted by Gasteiger charge is -2.13. The van der Waals surface area contributed by atoms with Gasteiger partial charge in [0.2, 0.25) is 0 Å². The van der Waals surface area contributed by atoms with Gasteiger partial charge in [-0.15, -0.1) is 0 Å². The average molecular weight is 328 g/mol. The minimum atomic E-state index is 0.0474. The van der Waals surface area contributed by atoms with Crippen LogP contribution < -0.4 is 14.9 Å². The summed E-state index contributed by atoms with van der Waals surface area (Å²) in [5.74, 6) is 1.35. The molecule has 2 rings (SSSR count). The number of nitrogens with zero attached hydrogens (tertiary/aromatic N) is 1. The van der Waals surface area contributed by atoms with Crippen LogP contribution in [0.2, 0.25) is 0 Å². The van der Waals surface area contributed by atoms with Gasteiger partial charge < -0.3 is 20.0 Å². The van der Waals surface area contributed by atoms with Crippen LogP contribution in [0.4, 0.5) is 0 Å². The first-order valence-corrected chi connectivity index (χ1v) is 7.88. The minimum absolute atomic E-state index is 0.0474. The van der Waals surface area contributed by atoms with Crippen molar-refractivity contribution in [3.8, 4) is 11.5 Å². The molecule has 2 N–H and O–H groups in total. The maximum Gasteiger partial charge on any atom is 0.161 e.